The van der Waals surface area contributed by atoms with Crippen LogP contribution in [0, 0.1) is 0 Å². The van der Waals surface area contributed by atoms with Crippen molar-refractivity contribution < 1.29 is 23.9 Å². The highest BCUT2D eigenvalue weighted by Crippen LogP contribution is 2.19. The Balaban J connectivity index is 1.50. The van der Waals surface area contributed by atoms with E-state index < -0.39 is 18.0 Å². The van der Waals surface area contributed by atoms with Crippen LogP contribution in [0.3, 0.4) is 0 Å². The minimum atomic E-state index is -0.969. The zero-order chi connectivity index (χ0) is 22.2. The fraction of sp³-hybridized carbons (Fsp3) is 0.160. The van der Waals surface area contributed by atoms with Crippen LogP contribution in [0.4, 0.5) is 0 Å². The molecule has 0 heterocycles. The lowest BCUT2D eigenvalue weighted by Gasteiger charge is -2.13. The van der Waals surface area contributed by atoms with E-state index in [2.05, 4.69) is 5.32 Å². The number of benzene rings is 3. The summed E-state index contributed by atoms with van der Waals surface area (Å²) in [5.41, 5.74) is 2.87. The van der Waals surface area contributed by atoms with Gasteiger partial charge in [-0.1, -0.05) is 42.5 Å². The van der Waals surface area contributed by atoms with Crippen molar-refractivity contribution in [2.24, 2.45) is 0 Å². The van der Waals surface area contributed by atoms with Crippen LogP contribution in [0.1, 0.15) is 27.6 Å². The summed E-state index contributed by atoms with van der Waals surface area (Å²) in [6.45, 7) is 1.16. The molecule has 0 aliphatic carbocycles. The van der Waals surface area contributed by atoms with E-state index in [9.17, 15) is 14.4 Å². The Kier molecular flexibility index (Phi) is 7.17. The van der Waals surface area contributed by atoms with Gasteiger partial charge in [0.2, 0.25) is 5.78 Å². The molecule has 0 fully saturated rings. The number of esters is 1. The Labute approximate surface area is 180 Å². The number of carbonyl (C=O) groups excluding carboxylic acids is 3. The third-order valence-electron chi connectivity index (χ3n) is 4.70. The Hall–Kier alpha value is -3.93. The second kappa shape index (κ2) is 10.2. The minimum Gasteiger partial charge on any atom is -0.497 e. The van der Waals surface area contributed by atoms with Gasteiger partial charge in [0.15, 0.2) is 6.10 Å². The standard InChI is InChI=1S/C25H23NO5/c1-17(24(28)20-12-14-22(30-2)15-13-20)31-23(27)16-26-25(29)21-10-8-19(9-11-21)18-6-4-3-5-7-18/h3-15,17H,16H2,1-2H3,(H,26,29)/t17-/m1/s1. The molecular weight excluding hydrogens is 394 g/mol. The lowest BCUT2D eigenvalue weighted by Crippen LogP contribution is -2.34. The summed E-state index contributed by atoms with van der Waals surface area (Å²) in [6, 6.07) is 23.4. The number of rotatable bonds is 8. The highest BCUT2D eigenvalue weighted by molar-refractivity contribution is 6.00. The molecule has 0 radical (unpaired) electrons. The molecule has 0 saturated heterocycles. The van der Waals surface area contributed by atoms with Crippen molar-refractivity contribution in [1.82, 2.24) is 5.32 Å². The molecule has 0 aliphatic heterocycles. The Morgan fingerprint density at radius 3 is 2.00 bits per heavy atom. The predicted octanol–water partition coefficient (Wildman–Crippen LogP) is 3.91. The van der Waals surface area contributed by atoms with Crippen molar-refractivity contribution in [2.75, 3.05) is 13.7 Å². The quantitative estimate of drug-likeness (QED) is 0.444. The summed E-state index contributed by atoms with van der Waals surface area (Å²) in [5, 5.41) is 2.52. The molecule has 0 saturated carbocycles. The van der Waals surface area contributed by atoms with E-state index in [1.54, 1.807) is 36.4 Å². The van der Waals surface area contributed by atoms with E-state index in [4.69, 9.17) is 9.47 Å². The number of ketones is 1. The summed E-state index contributed by atoms with van der Waals surface area (Å²) in [5.74, 6) is -0.797. The van der Waals surface area contributed by atoms with Gasteiger partial charge in [-0.05, 0) is 54.4 Å². The third-order valence-corrected chi connectivity index (χ3v) is 4.70. The van der Waals surface area contributed by atoms with Gasteiger partial charge in [0.1, 0.15) is 12.3 Å². The number of ether oxygens (including phenoxy) is 2. The van der Waals surface area contributed by atoms with Crippen LogP contribution in [0.15, 0.2) is 78.9 Å². The van der Waals surface area contributed by atoms with E-state index in [1.165, 1.54) is 14.0 Å². The van der Waals surface area contributed by atoms with Crippen LogP contribution in [-0.2, 0) is 9.53 Å². The van der Waals surface area contributed by atoms with Crippen LogP contribution in [0.25, 0.3) is 11.1 Å². The maximum Gasteiger partial charge on any atom is 0.326 e. The number of hydrogen-bond donors (Lipinski definition) is 1. The second-order valence-corrected chi connectivity index (χ2v) is 6.85. The molecule has 6 heteroatoms. The first-order valence-electron chi connectivity index (χ1n) is 9.79. The summed E-state index contributed by atoms with van der Waals surface area (Å²) < 4.78 is 10.2. The zero-order valence-electron chi connectivity index (χ0n) is 17.3. The summed E-state index contributed by atoms with van der Waals surface area (Å²) >= 11 is 0. The van der Waals surface area contributed by atoms with Gasteiger partial charge >= 0.3 is 5.97 Å². The van der Waals surface area contributed by atoms with Crippen molar-refractivity contribution in [3.63, 3.8) is 0 Å². The molecule has 158 valence electrons. The van der Waals surface area contributed by atoms with Crippen LogP contribution in [-0.4, -0.2) is 37.4 Å². The molecule has 0 unspecified atom stereocenters. The molecule has 3 rings (SSSR count). The molecule has 1 atom stereocenters. The van der Waals surface area contributed by atoms with Crippen molar-refractivity contribution >= 4 is 17.7 Å². The fourth-order valence-electron chi connectivity index (χ4n) is 2.98. The van der Waals surface area contributed by atoms with Crippen molar-refractivity contribution in [3.8, 4) is 16.9 Å². The zero-order valence-corrected chi connectivity index (χ0v) is 17.3. The molecule has 6 nitrogen and oxygen atoms in total. The maximum atomic E-state index is 12.4. The van der Waals surface area contributed by atoms with Gasteiger partial charge in [-0.25, -0.2) is 0 Å². The van der Waals surface area contributed by atoms with Crippen molar-refractivity contribution in [1.29, 1.82) is 0 Å². The average molecular weight is 417 g/mol. The van der Waals surface area contributed by atoms with Gasteiger partial charge in [-0.15, -0.1) is 0 Å². The minimum absolute atomic E-state index is 0.334. The van der Waals surface area contributed by atoms with Crippen LogP contribution < -0.4 is 10.1 Å². The number of carbonyl (C=O) groups is 3. The van der Waals surface area contributed by atoms with Gasteiger partial charge in [0.05, 0.1) is 7.11 Å². The lowest BCUT2D eigenvalue weighted by atomic mass is 10.0. The molecule has 31 heavy (non-hydrogen) atoms. The van der Waals surface area contributed by atoms with E-state index in [0.717, 1.165) is 11.1 Å². The van der Waals surface area contributed by atoms with Crippen LogP contribution >= 0.6 is 0 Å². The van der Waals surface area contributed by atoms with E-state index in [0.29, 0.717) is 16.9 Å². The Bertz CT molecular complexity index is 1040. The van der Waals surface area contributed by atoms with Gasteiger partial charge in [0, 0.05) is 11.1 Å². The largest absolute Gasteiger partial charge is 0.497 e. The fourth-order valence-corrected chi connectivity index (χ4v) is 2.98. The van der Waals surface area contributed by atoms with Gasteiger partial charge in [0.25, 0.3) is 5.91 Å². The smallest absolute Gasteiger partial charge is 0.326 e. The predicted molar refractivity (Wildman–Crippen MR) is 117 cm³/mol. The topological polar surface area (TPSA) is 81.7 Å². The summed E-state index contributed by atoms with van der Waals surface area (Å²) in [6.07, 6.45) is -0.969. The SMILES string of the molecule is COc1ccc(C(=O)[C@@H](C)OC(=O)CNC(=O)c2ccc(-c3ccccc3)cc2)cc1. The molecular formula is C25H23NO5. The van der Waals surface area contributed by atoms with E-state index in [-0.39, 0.29) is 12.3 Å². The van der Waals surface area contributed by atoms with E-state index in [1.807, 2.05) is 42.5 Å². The van der Waals surface area contributed by atoms with Crippen LogP contribution in [0.2, 0.25) is 0 Å². The first-order valence-corrected chi connectivity index (χ1v) is 9.79. The first-order chi connectivity index (χ1) is 15.0. The number of amides is 1. The monoisotopic (exact) mass is 417 g/mol. The molecule has 0 aliphatic rings. The average Bonchev–Trinajstić information content (AvgIpc) is 2.82. The number of methoxy groups -OCH3 is 1. The van der Waals surface area contributed by atoms with Crippen molar-refractivity contribution in [2.45, 2.75) is 13.0 Å². The normalized spacial score (nSPS) is 11.3. The summed E-state index contributed by atoms with van der Waals surface area (Å²) in [7, 11) is 1.53. The Morgan fingerprint density at radius 2 is 1.39 bits per heavy atom. The molecule has 0 bridgehead atoms. The molecule has 3 aromatic carbocycles. The van der Waals surface area contributed by atoms with Crippen LogP contribution in [0.5, 0.6) is 5.75 Å². The second-order valence-electron chi connectivity index (χ2n) is 6.85. The number of hydrogen-bond acceptors (Lipinski definition) is 5. The summed E-state index contributed by atoms with van der Waals surface area (Å²) in [4.78, 5) is 36.7. The van der Waals surface area contributed by atoms with Gasteiger partial charge < -0.3 is 14.8 Å². The molecule has 1 amide bonds. The number of Topliss-reactive ketones (excluding diaryl/α,β-unsaturated/α-hetero) is 1. The third kappa shape index (κ3) is 5.79. The van der Waals surface area contributed by atoms with E-state index >= 15 is 0 Å². The first kappa shape index (κ1) is 21.8. The molecule has 1 N–H and O–H groups in total. The molecule has 0 aromatic heterocycles. The van der Waals surface area contributed by atoms with Gasteiger partial charge in [-0.2, -0.15) is 0 Å². The lowest BCUT2D eigenvalue weighted by molar-refractivity contribution is -0.145. The van der Waals surface area contributed by atoms with Crippen molar-refractivity contribution in [3.05, 3.63) is 90.0 Å². The van der Waals surface area contributed by atoms with Gasteiger partial charge in [-0.3, -0.25) is 14.4 Å². The highest BCUT2D eigenvalue weighted by atomic mass is 16.5. The number of nitrogens with one attached hydrogen (secondary N) is 1. The maximum absolute atomic E-state index is 12.4. The highest BCUT2D eigenvalue weighted by Gasteiger charge is 2.20. The molecule has 0 spiro atoms. The Morgan fingerprint density at radius 1 is 0.806 bits per heavy atom. The molecule has 3 aromatic rings.